The zero-order valence-electron chi connectivity index (χ0n) is 18.5. The number of nitrogens with one attached hydrogen (secondary N) is 2. The van der Waals surface area contributed by atoms with Crippen molar-refractivity contribution in [1.29, 1.82) is 0 Å². The van der Waals surface area contributed by atoms with Gasteiger partial charge in [-0.15, -0.1) is 0 Å². The highest BCUT2D eigenvalue weighted by Gasteiger charge is 2.46. The third-order valence-electron chi connectivity index (χ3n) is 6.26. The number of aliphatic hydroxyl groups is 1. The maximum Gasteiger partial charge on any atom is 0.407 e. The highest BCUT2D eigenvalue weighted by atomic mass is 16.5. The summed E-state index contributed by atoms with van der Waals surface area (Å²) in [5, 5.41) is 24.2. The lowest BCUT2D eigenvalue weighted by Crippen LogP contribution is -2.45. The number of fused-ring (bicyclic) bond motifs is 3. The van der Waals surface area contributed by atoms with Crippen molar-refractivity contribution in [2.24, 2.45) is 0 Å². The Hall–Kier alpha value is -3.39. The fourth-order valence-electron chi connectivity index (χ4n) is 4.39. The minimum atomic E-state index is -1.54. The summed E-state index contributed by atoms with van der Waals surface area (Å²) >= 11 is 0. The minimum Gasteiger partial charge on any atom is -0.481 e. The number of carbonyl (C=O) groups is 3. The van der Waals surface area contributed by atoms with Crippen LogP contribution in [-0.2, 0) is 14.3 Å². The molecular weight excluding hydrogens is 424 g/mol. The fourth-order valence-corrected chi connectivity index (χ4v) is 4.39. The molecule has 8 nitrogen and oxygen atoms in total. The molecule has 0 saturated heterocycles. The Bertz CT molecular complexity index is 1030. The van der Waals surface area contributed by atoms with Crippen molar-refractivity contribution in [2.75, 3.05) is 13.2 Å². The van der Waals surface area contributed by atoms with E-state index in [2.05, 4.69) is 22.8 Å². The molecule has 33 heavy (non-hydrogen) atoms. The summed E-state index contributed by atoms with van der Waals surface area (Å²) in [5.41, 5.74) is 2.34. The SMILES string of the molecule is CC(O)(CNC(=O)CC1(NC(=O)OCC2c3ccccc3-c3ccccc32)CC1)CC(=O)O. The third-order valence-corrected chi connectivity index (χ3v) is 6.26. The van der Waals surface area contributed by atoms with Crippen LogP contribution in [0.15, 0.2) is 48.5 Å². The van der Waals surface area contributed by atoms with Gasteiger partial charge in [0, 0.05) is 18.9 Å². The van der Waals surface area contributed by atoms with Crippen molar-refractivity contribution >= 4 is 18.0 Å². The Labute approximate surface area is 192 Å². The molecule has 4 N–H and O–H groups in total. The first-order valence-corrected chi connectivity index (χ1v) is 11.0. The Morgan fingerprint density at radius 3 is 2.18 bits per heavy atom. The molecule has 1 saturated carbocycles. The van der Waals surface area contributed by atoms with E-state index in [1.54, 1.807) is 0 Å². The lowest BCUT2D eigenvalue weighted by Gasteiger charge is -2.23. The van der Waals surface area contributed by atoms with Crippen LogP contribution in [0.2, 0.25) is 0 Å². The third kappa shape index (κ3) is 5.34. The molecule has 0 aromatic heterocycles. The van der Waals surface area contributed by atoms with E-state index in [-0.39, 0.29) is 31.4 Å². The number of ether oxygens (including phenoxy) is 1. The van der Waals surface area contributed by atoms with E-state index in [1.165, 1.54) is 6.92 Å². The predicted octanol–water partition coefficient (Wildman–Crippen LogP) is 2.79. The van der Waals surface area contributed by atoms with Gasteiger partial charge >= 0.3 is 12.1 Å². The fraction of sp³-hybridized carbons (Fsp3) is 0.400. The van der Waals surface area contributed by atoms with Crippen LogP contribution in [-0.4, -0.2) is 52.5 Å². The van der Waals surface area contributed by atoms with Crippen LogP contribution >= 0.6 is 0 Å². The van der Waals surface area contributed by atoms with Crippen molar-refractivity contribution in [1.82, 2.24) is 10.6 Å². The number of carbonyl (C=O) groups excluding carboxylic acids is 2. The van der Waals surface area contributed by atoms with Gasteiger partial charge in [0.1, 0.15) is 6.61 Å². The van der Waals surface area contributed by atoms with E-state index in [1.807, 2.05) is 36.4 Å². The molecule has 2 aliphatic rings. The molecule has 1 fully saturated rings. The maximum absolute atomic E-state index is 12.5. The number of alkyl carbamates (subject to hydrolysis) is 1. The number of hydrogen-bond acceptors (Lipinski definition) is 5. The van der Waals surface area contributed by atoms with Crippen molar-refractivity contribution in [3.05, 3.63) is 59.7 Å². The monoisotopic (exact) mass is 452 g/mol. The molecule has 0 radical (unpaired) electrons. The molecule has 1 atom stereocenters. The highest BCUT2D eigenvalue weighted by molar-refractivity contribution is 5.80. The van der Waals surface area contributed by atoms with Crippen LogP contribution in [0, 0.1) is 0 Å². The number of hydrogen-bond donors (Lipinski definition) is 4. The van der Waals surface area contributed by atoms with Gasteiger partial charge in [-0.25, -0.2) is 4.79 Å². The summed E-state index contributed by atoms with van der Waals surface area (Å²) in [5.74, 6) is -1.56. The quantitative estimate of drug-likeness (QED) is 0.464. The normalized spacial score (nSPS) is 17.3. The van der Waals surface area contributed by atoms with Crippen LogP contribution in [0.3, 0.4) is 0 Å². The topological polar surface area (TPSA) is 125 Å². The molecule has 8 heteroatoms. The Morgan fingerprint density at radius 1 is 1.06 bits per heavy atom. The number of benzene rings is 2. The van der Waals surface area contributed by atoms with Gasteiger partial charge in [0.05, 0.1) is 17.6 Å². The number of amides is 2. The molecule has 0 spiro atoms. The van der Waals surface area contributed by atoms with Crippen molar-refractivity contribution in [3.63, 3.8) is 0 Å². The second kappa shape index (κ2) is 8.86. The number of carboxylic acids is 1. The van der Waals surface area contributed by atoms with Gasteiger partial charge in [0.25, 0.3) is 0 Å². The zero-order valence-corrected chi connectivity index (χ0v) is 18.5. The first-order chi connectivity index (χ1) is 15.7. The Kier molecular flexibility index (Phi) is 6.12. The summed E-state index contributed by atoms with van der Waals surface area (Å²) in [7, 11) is 0. The molecule has 2 aromatic rings. The van der Waals surface area contributed by atoms with E-state index in [4.69, 9.17) is 9.84 Å². The summed E-state index contributed by atoms with van der Waals surface area (Å²) < 4.78 is 5.57. The van der Waals surface area contributed by atoms with Crippen LogP contribution in [0.1, 0.15) is 49.7 Å². The molecular formula is C25H28N2O6. The summed E-state index contributed by atoms with van der Waals surface area (Å²) in [4.78, 5) is 35.6. The van der Waals surface area contributed by atoms with Gasteiger partial charge in [0.15, 0.2) is 0 Å². The largest absolute Gasteiger partial charge is 0.481 e. The Balaban J connectivity index is 1.30. The molecule has 2 amide bonds. The summed E-state index contributed by atoms with van der Waals surface area (Å²) in [6.07, 6.45) is 0.295. The zero-order chi connectivity index (χ0) is 23.6. The minimum absolute atomic E-state index is 0.0420. The second-order valence-corrected chi connectivity index (χ2v) is 9.25. The first-order valence-electron chi connectivity index (χ1n) is 11.0. The van der Waals surface area contributed by atoms with Crippen LogP contribution in [0.4, 0.5) is 4.79 Å². The van der Waals surface area contributed by atoms with E-state index < -0.39 is 29.6 Å². The summed E-state index contributed by atoms with van der Waals surface area (Å²) in [6, 6.07) is 16.2. The first kappa shape index (κ1) is 22.8. The number of aliphatic carboxylic acids is 1. The van der Waals surface area contributed by atoms with Gasteiger partial charge in [-0.1, -0.05) is 48.5 Å². The lowest BCUT2D eigenvalue weighted by molar-refractivity contribution is -0.142. The van der Waals surface area contributed by atoms with E-state index in [9.17, 15) is 19.5 Å². The van der Waals surface area contributed by atoms with Crippen molar-refractivity contribution < 1.29 is 29.3 Å². The molecule has 4 rings (SSSR count). The molecule has 2 aliphatic carbocycles. The molecule has 1 unspecified atom stereocenters. The van der Waals surface area contributed by atoms with Gasteiger partial charge < -0.3 is 25.6 Å². The molecule has 174 valence electrons. The lowest BCUT2D eigenvalue weighted by atomic mass is 9.98. The highest BCUT2D eigenvalue weighted by Crippen LogP contribution is 2.44. The van der Waals surface area contributed by atoms with Gasteiger partial charge in [0.2, 0.25) is 5.91 Å². The molecule has 0 heterocycles. The van der Waals surface area contributed by atoms with Crippen LogP contribution in [0.25, 0.3) is 11.1 Å². The molecule has 0 bridgehead atoms. The average molecular weight is 453 g/mol. The number of carboxylic acid groups (broad SMARTS) is 1. The smallest absolute Gasteiger partial charge is 0.407 e. The van der Waals surface area contributed by atoms with Crippen molar-refractivity contribution in [3.8, 4) is 11.1 Å². The standard InChI is InChI=1S/C25H28N2O6/c1-24(32,13-22(29)30)15-26-21(28)12-25(10-11-25)27-23(31)33-14-20-18-8-4-2-6-16(18)17-7-3-5-9-19(17)20/h2-9,20,32H,10-15H2,1H3,(H,26,28)(H,27,31)(H,29,30). The van der Waals surface area contributed by atoms with Crippen molar-refractivity contribution in [2.45, 2.75) is 49.7 Å². The molecule has 2 aromatic carbocycles. The van der Waals surface area contributed by atoms with Gasteiger partial charge in [-0.05, 0) is 42.0 Å². The number of rotatable bonds is 9. The average Bonchev–Trinajstić information content (AvgIpc) is 3.42. The van der Waals surface area contributed by atoms with E-state index >= 15 is 0 Å². The van der Waals surface area contributed by atoms with Crippen LogP contribution in [0.5, 0.6) is 0 Å². The second-order valence-electron chi connectivity index (χ2n) is 9.25. The predicted molar refractivity (Wildman–Crippen MR) is 121 cm³/mol. The van der Waals surface area contributed by atoms with E-state index in [0.717, 1.165) is 22.3 Å². The maximum atomic E-state index is 12.5. The summed E-state index contributed by atoms with van der Waals surface area (Å²) in [6.45, 7) is 1.36. The van der Waals surface area contributed by atoms with Gasteiger partial charge in [-0.2, -0.15) is 0 Å². The molecule has 0 aliphatic heterocycles. The van der Waals surface area contributed by atoms with Crippen LogP contribution < -0.4 is 10.6 Å². The van der Waals surface area contributed by atoms with Gasteiger partial charge in [-0.3, -0.25) is 9.59 Å². The van der Waals surface area contributed by atoms with E-state index in [0.29, 0.717) is 12.8 Å². The Morgan fingerprint density at radius 2 is 1.64 bits per heavy atom.